The minimum absolute atomic E-state index is 0.0327. The lowest BCUT2D eigenvalue weighted by molar-refractivity contribution is -0.275. The number of aromatic nitrogens is 1. The van der Waals surface area contributed by atoms with Gasteiger partial charge in [-0.15, -0.1) is 13.2 Å². The van der Waals surface area contributed by atoms with Gasteiger partial charge in [0.15, 0.2) is 36.3 Å². The van der Waals surface area contributed by atoms with Crippen LogP contribution in [-0.2, 0) is 25.9 Å². The molecule has 1 heterocycles. The molecule has 0 spiro atoms. The van der Waals surface area contributed by atoms with Crippen LogP contribution >= 0.6 is 0 Å². The third-order valence-corrected chi connectivity index (χ3v) is 8.93. The molecule has 1 N–H and O–H groups in total. The van der Waals surface area contributed by atoms with E-state index >= 15 is 0 Å². The highest BCUT2D eigenvalue weighted by molar-refractivity contribution is 7.92. The summed E-state index contributed by atoms with van der Waals surface area (Å²) in [5.74, 6) is -3.77. The maximum absolute atomic E-state index is 13.7. The molecule has 38 heavy (non-hydrogen) atoms. The number of ether oxygens (including phenoxy) is 1. The van der Waals surface area contributed by atoms with Crippen LogP contribution in [-0.4, -0.2) is 51.6 Å². The number of benzene rings is 1. The van der Waals surface area contributed by atoms with Crippen molar-refractivity contribution in [1.82, 2.24) is 10.3 Å². The number of carbonyl (C=O) groups is 1. The number of sulfone groups is 2. The van der Waals surface area contributed by atoms with Crippen LogP contribution < -0.4 is 10.1 Å². The minimum Gasteiger partial charge on any atom is -0.403 e. The second-order valence-corrected chi connectivity index (χ2v) is 12.6. The Morgan fingerprint density at radius 1 is 0.974 bits per heavy atom. The zero-order chi connectivity index (χ0) is 28.7. The average molecular weight is 593 g/mol. The number of pyridine rings is 1. The lowest BCUT2D eigenvalue weighted by Crippen LogP contribution is -2.40. The van der Waals surface area contributed by atoms with Crippen molar-refractivity contribution < 1.29 is 57.1 Å². The third-order valence-electron chi connectivity index (χ3n) is 5.65. The first-order valence-corrected chi connectivity index (χ1v) is 14.1. The maximum Gasteiger partial charge on any atom is 0.573 e. The van der Waals surface area contributed by atoms with Crippen LogP contribution in [0, 0.1) is 5.82 Å². The smallest absolute Gasteiger partial charge is 0.403 e. The third kappa shape index (κ3) is 6.92. The van der Waals surface area contributed by atoms with E-state index in [2.05, 4.69) is 15.0 Å². The van der Waals surface area contributed by atoms with Gasteiger partial charge in [-0.1, -0.05) is 0 Å². The average Bonchev–Trinajstić information content (AvgIpc) is 2.78. The molecule has 2 aromatic rings. The van der Waals surface area contributed by atoms with Crippen LogP contribution in [0.2, 0.25) is 0 Å². The molecule has 0 atom stereocenters. The summed E-state index contributed by atoms with van der Waals surface area (Å²) in [6, 6.07) is 2.18. The van der Waals surface area contributed by atoms with E-state index in [0.29, 0.717) is 30.5 Å². The summed E-state index contributed by atoms with van der Waals surface area (Å²) in [4.78, 5) is 15.2. The Morgan fingerprint density at radius 2 is 1.58 bits per heavy atom. The van der Waals surface area contributed by atoms with Gasteiger partial charge in [-0.3, -0.25) is 4.79 Å². The van der Waals surface area contributed by atoms with Crippen LogP contribution in [0.25, 0.3) is 0 Å². The van der Waals surface area contributed by atoms with E-state index < -0.39 is 82.2 Å². The first-order chi connectivity index (χ1) is 17.3. The van der Waals surface area contributed by atoms with Gasteiger partial charge in [0.05, 0.1) is 15.7 Å². The van der Waals surface area contributed by atoms with Crippen LogP contribution in [0.4, 0.5) is 30.7 Å². The van der Waals surface area contributed by atoms with E-state index in [-0.39, 0.29) is 25.7 Å². The van der Waals surface area contributed by atoms with Crippen molar-refractivity contribution >= 4 is 25.6 Å². The summed E-state index contributed by atoms with van der Waals surface area (Å²) in [5, 5.41) is 0.273. The molecule has 1 saturated carbocycles. The molecular formula is C21H19F7N2O6S2. The van der Waals surface area contributed by atoms with Crippen molar-refractivity contribution in [3.05, 3.63) is 47.4 Å². The summed E-state index contributed by atoms with van der Waals surface area (Å²) in [6.45, 7) is 0. The molecule has 1 aliphatic rings. The highest BCUT2D eigenvalue weighted by atomic mass is 32.2. The first-order valence-electron chi connectivity index (χ1n) is 10.7. The summed E-state index contributed by atoms with van der Waals surface area (Å²) in [7, 11) is -8.57. The van der Waals surface area contributed by atoms with Crippen LogP contribution in [0.3, 0.4) is 0 Å². The normalized spacial score (nSPS) is 19.2. The Morgan fingerprint density at radius 3 is 2.11 bits per heavy atom. The van der Waals surface area contributed by atoms with Gasteiger partial charge in [0, 0.05) is 18.4 Å². The van der Waals surface area contributed by atoms with Gasteiger partial charge in [0.25, 0.3) is 5.91 Å². The molecule has 210 valence electrons. The number of alkyl halides is 6. The van der Waals surface area contributed by atoms with E-state index in [1.165, 1.54) is 0 Å². The van der Waals surface area contributed by atoms with E-state index in [9.17, 15) is 52.4 Å². The summed E-state index contributed by atoms with van der Waals surface area (Å²) >= 11 is 0. The van der Waals surface area contributed by atoms with Crippen molar-refractivity contribution in [2.24, 2.45) is 0 Å². The number of nitrogens with one attached hydrogen (secondary N) is 1. The molecule has 0 unspecified atom stereocenters. The number of carbonyl (C=O) groups excluding carboxylic acids is 1. The zero-order valence-electron chi connectivity index (χ0n) is 19.2. The monoisotopic (exact) mass is 592 g/mol. The predicted molar refractivity (Wildman–Crippen MR) is 116 cm³/mol. The van der Waals surface area contributed by atoms with E-state index in [4.69, 9.17) is 0 Å². The van der Waals surface area contributed by atoms with Crippen LogP contribution in [0.5, 0.6) is 5.75 Å². The highest BCUT2D eigenvalue weighted by Gasteiger charge is 2.37. The van der Waals surface area contributed by atoms with Gasteiger partial charge in [0.2, 0.25) is 0 Å². The molecule has 1 aromatic heterocycles. The fourth-order valence-corrected chi connectivity index (χ4v) is 6.52. The topological polar surface area (TPSA) is 119 Å². The highest BCUT2D eigenvalue weighted by Crippen LogP contribution is 2.34. The predicted octanol–water partition coefficient (Wildman–Crippen LogP) is 4.06. The zero-order valence-corrected chi connectivity index (χ0v) is 20.9. The van der Waals surface area contributed by atoms with Gasteiger partial charge in [-0.05, 0) is 49.9 Å². The molecule has 3 rings (SSSR count). The standard InChI is InChI=1S/C21H19F7N2O6S2/c1-37(32,33)19-14(7-9-17(30-19)20(23,24)25)18(31)29-11-2-4-12(5-3-11)38(34,35)13-6-8-15(22)16(10-13)36-21(26,27)28/h6-12H,2-5H2,1H3,(H,29,31). The number of amides is 1. The van der Waals surface area contributed by atoms with Crippen molar-refractivity contribution in [2.75, 3.05) is 6.26 Å². The molecule has 0 saturated heterocycles. The van der Waals surface area contributed by atoms with Gasteiger partial charge in [0.1, 0.15) is 5.69 Å². The Hall–Kier alpha value is -2.95. The SMILES string of the molecule is CS(=O)(=O)c1nc(C(F)(F)F)ccc1C(=O)NC1CCC(S(=O)(=O)c2ccc(F)c(OC(F)(F)F)c2)CC1. The number of nitrogens with zero attached hydrogens (tertiary/aromatic N) is 1. The number of rotatable bonds is 6. The largest absolute Gasteiger partial charge is 0.573 e. The second-order valence-electron chi connectivity index (χ2n) is 8.45. The Bertz CT molecular complexity index is 1430. The fourth-order valence-electron chi connectivity index (χ4n) is 3.89. The molecule has 8 nitrogen and oxygen atoms in total. The van der Waals surface area contributed by atoms with E-state index in [1.807, 2.05) is 0 Å². The van der Waals surface area contributed by atoms with Gasteiger partial charge >= 0.3 is 12.5 Å². The van der Waals surface area contributed by atoms with Gasteiger partial charge < -0.3 is 10.1 Å². The fraction of sp³-hybridized carbons (Fsp3) is 0.429. The molecule has 1 amide bonds. The Labute approximate surface area is 212 Å². The van der Waals surface area contributed by atoms with Crippen molar-refractivity contribution in [3.63, 3.8) is 0 Å². The van der Waals surface area contributed by atoms with Crippen molar-refractivity contribution in [3.8, 4) is 5.75 Å². The van der Waals surface area contributed by atoms with Crippen LogP contribution in [0.1, 0.15) is 41.7 Å². The molecule has 1 fully saturated rings. The minimum atomic E-state index is -5.25. The summed E-state index contributed by atoms with van der Waals surface area (Å²) < 4.78 is 143. The number of hydrogen-bond donors (Lipinski definition) is 1. The molecule has 0 aliphatic heterocycles. The molecular weight excluding hydrogens is 573 g/mol. The second kappa shape index (κ2) is 10.3. The van der Waals surface area contributed by atoms with Crippen molar-refractivity contribution in [1.29, 1.82) is 0 Å². The van der Waals surface area contributed by atoms with Gasteiger partial charge in [-0.25, -0.2) is 26.2 Å². The van der Waals surface area contributed by atoms with E-state index in [1.54, 1.807) is 0 Å². The van der Waals surface area contributed by atoms with Crippen LogP contribution in [0.15, 0.2) is 40.3 Å². The lowest BCUT2D eigenvalue weighted by Gasteiger charge is -2.29. The molecule has 0 radical (unpaired) electrons. The lowest BCUT2D eigenvalue weighted by atomic mass is 9.95. The molecule has 17 heteroatoms. The molecule has 1 aromatic carbocycles. The van der Waals surface area contributed by atoms with Gasteiger partial charge in [-0.2, -0.15) is 13.2 Å². The summed E-state index contributed by atoms with van der Waals surface area (Å²) in [6.07, 6.45) is -9.71. The quantitative estimate of drug-likeness (QED) is 0.397. The van der Waals surface area contributed by atoms with E-state index in [0.717, 1.165) is 6.07 Å². The molecule has 1 aliphatic carbocycles. The number of halogens is 7. The maximum atomic E-state index is 13.7. The Balaban J connectivity index is 1.73. The first kappa shape index (κ1) is 29.6. The Kier molecular flexibility index (Phi) is 8.04. The molecule has 0 bridgehead atoms. The van der Waals surface area contributed by atoms with Crippen molar-refractivity contribution in [2.45, 2.75) is 59.4 Å². The number of hydrogen-bond acceptors (Lipinski definition) is 7. The summed E-state index contributed by atoms with van der Waals surface area (Å²) in [5.41, 5.74) is -2.14.